The third kappa shape index (κ3) is 1.37. The van der Waals surface area contributed by atoms with Crippen LogP contribution in [-0.2, 0) is 5.41 Å². The van der Waals surface area contributed by atoms with E-state index in [1.54, 1.807) is 0 Å². The lowest BCUT2D eigenvalue weighted by Gasteiger charge is -2.26. The predicted octanol–water partition coefficient (Wildman–Crippen LogP) is 0.606. The van der Waals surface area contributed by atoms with Crippen molar-refractivity contribution in [3.05, 3.63) is 5.82 Å². The van der Waals surface area contributed by atoms with Gasteiger partial charge in [0.05, 0.1) is 0 Å². The molecular weight excluding hydrogens is 190 g/mol. The van der Waals surface area contributed by atoms with E-state index in [0.717, 1.165) is 18.2 Å². The van der Waals surface area contributed by atoms with Crippen molar-refractivity contribution in [2.24, 2.45) is 17.6 Å². The molecule has 0 radical (unpaired) electrons. The fourth-order valence-corrected chi connectivity index (χ4v) is 2.81. The van der Waals surface area contributed by atoms with Crippen LogP contribution in [0.3, 0.4) is 0 Å². The number of H-pyrrole nitrogens is 1. The Morgan fingerprint density at radius 2 is 2.33 bits per heavy atom. The van der Waals surface area contributed by atoms with Crippen molar-refractivity contribution in [3.63, 3.8) is 0 Å². The number of rotatable bonds is 4. The van der Waals surface area contributed by atoms with Crippen molar-refractivity contribution >= 4 is 0 Å². The molecule has 1 aromatic rings. The third-order valence-corrected chi connectivity index (χ3v) is 4.23. The second-order valence-corrected chi connectivity index (χ2v) is 5.03. The average molecular weight is 207 g/mol. The number of nitrogens with one attached hydrogen (secondary N) is 1. The third-order valence-electron chi connectivity index (χ3n) is 4.23. The smallest absolute Gasteiger partial charge is 0.182 e. The molecule has 0 bridgehead atoms. The van der Waals surface area contributed by atoms with E-state index in [-0.39, 0.29) is 5.41 Å². The molecule has 2 atom stereocenters. The van der Waals surface area contributed by atoms with Gasteiger partial charge in [0.2, 0.25) is 0 Å². The first-order valence-electron chi connectivity index (χ1n) is 5.79. The van der Waals surface area contributed by atoms with Crippen LogP contribution in [0.25, 0.3) is 0 Å². The maximum Gasteiger partial charge on any atom is 0.182 e. The van der Waals surface area contributed by atoms with Crippen LogP contribution in [0.5, 0.6) is 0 Å². The molecule has 3 rings (SSSR count). The minimum absolute atomic E-state index is 0.0581. The van der Waals surface area contributed by atoms with Gasteiger partial charge in [-0.3, -0.25) is 0 Å². The molecule has 0 spiro atoms. The van der Waals surface area contributed by atoms with E-state index in [2.05, 4.69) is 20.6 Å². The molecule has 0 saturated heterocycles. The molecule has 2 fully saturated rings. The zero-order valence-electron chi connectivity index (χ0n) is 8.82. The first kappa shape index (κ1) is 9.27. The summed E-state index contributed by atoms with van der Waals surface area (Å²) in [6.45, 7) is 0.657. The SMILES string of the molecule is NCC1(c2nn[nH]n2)CC1CC1CCC1. The van der Waals surface area contributed by atoms with Crippen molar-refractivity contribution in [1.82, 2.24) is 20.6 Å². The van der Waals surface area contributed by atoms with Gasteiger partial charge >= 0.3 is 0 Å². The van der Waals surface area contributed by atoms with E-state index in [1.165, 1.54) is 25.7 Å². The Bertz CT molecular complexity index is 332. The standard InChI is InChI=1S/C10H17N5/c11-6-10(9-12-14-15-13-9)5-8(10)4-7-2-1-3-7/h7-8H,1-6,11H2,(H,12,13,14,15). The molecule has 0 amide bonds. The predicted molar refractivity (Wildman–Crippen MR) is 55.0 cm³/mol. The molecule has 5 heteroatoms. The number of nitrogens with zero attached hydrogens (tertiary/aromatic N) is 3. The largest absolute Gasteiger partial charge is 0.329 e. The number of aromatic amines is 1. The van der Waals surface area contributed by atoms with Crippen LogP contribution in [0.2, 0.25) is 0 Å². The lowest BCUT2D eigenvalue weighted by Crippen LogP contribution is -2.25. The number of tetrazole rings is 1. The molecule has 0 aromatic carbocycles. The molecule has 2 aliphatic rings. The van der Waals surface area contributed by atoms with Crippen LogP contribution in [-0.4, -0.2) is 27.2 Å². The highest BCUT2D eigenvalue weighted by molar-refractivity contribution is 5.22. The Morgan fingerprint density at radius 1 is 1.47 bits per heavy atom. The number of hydrogen-bond donors (Lipinski definition) is 2. The molecule has 3 N–H and O–H groups in total. The van der Waals surface area contributed by atoms with Gasteiger partial charge in [-0.05, 0) is 24.7 Å². The van der Waals surface area contributed by atoms with Gasteiger partial charge in [-0.2, -0.15) is 5.21 Å². The van der Waals surface area contributed by atoms with Crippen molar-refractivity contribution < 1.29 is 0 Å². The van der Waals surface area contributed by atoms with E-state index in [0.29, 0.717) is 12.5 Å². The van der Waals surface area contributed by atoms with Crippen molar-refractivity contribution in [1.29, 1.82) is 0 Å². The van der Waals surface area contributed by atoms with Gasteiger partial charge in [0.25, 0.3) is 0 Å². The van der Waals surface area contributed by atoms with Crippen molar-refractivity contribution in [2.75, 3.05) is 6.54 Å². The van der Waals surface area contributed by atoms with Crippen LogP contribution >= 0.6 is 0 Å². The van der Waals surface area contributed by atoms with E-state index >= 15 is 0 Å². The number of nitrogens with two attached hydrogens (primary N) is 1. The van der Waals surface area contributed by atoms with E-state index in [4.69, 9.17) is 5.73 Å². The lowest BCUT2D eigenvalue weighted by molar-refractivity contribution is 0.273. The summed E-state index contributed by atoms with van der Waals surface area (Å²) in [5.74, 6) is 2.47. The summed E-state index contributed by atoms with van der Waals surface area (Å²) in [6.07, 6.45) is 6.69. The summed E-state index contributed by atoms with van der Waals surface area (Å²) < 4.78 is 0. The number of aromatic nitrogens is 4. The molecule has 82 valence electrons. The molecule has 5 nitrogen and oxygen atoms in total. The monoisotopic (exact) mass is 207 g/mol. The molecule has 2 saturated carbocycles. The molecule has 2 aliphatic carbocycles. The summed E-state index contributed by atoms with van der Waals surface area (Å²) in [5.41, 5.74) is 5.92. The summed E-state index contributed by atoms with van der Waals surface area (Å²) in [7, 11) is 0. The van der Waals surface area contributed by atoms with Gasteiger partial charge in [-0.1, -0.05) is 24.5 Å². The average Bonchev–Trinajstić information content (AvgIpc) is 2.63. The molecule has 0 aliphatic heterocycles. The van der Waals surface area contributed by atoms with Crippen molar-refractivity contribution in [2.45, 2.75) is 37.5 Å². The highest BCUT2D eigenvalue weighted by atomic mass is 15.5. The van der Waals surface area contributed by atoms with Gasteiger partial charge in [0, 0.05) is 12.0 Å². The molecule has 1 heterocycles. The minimum Gasteiger partial charge on any atom is -0.329 e. The lowest BCUT2D eigenvalue weighted by atomic mass is 9.80. The normalized spacial score (nSPS) is 35.1. The minimum atomic E-state index is 0.0581. The highest BCUT2D eigenvalue weighted by Gasteiger charge is 2.57. The Kier molecular flexibility index (Phi) is 2.02. The van der Waals surface area contributed by atoms with Crippen LogP contribution < -0.4 is 5.73 Å². The van der Waals surface area contributed by atoms with Crippen molar-refractivity contribution in [3.8, 4) is 0 Å². The van der Waals surface area contributed by atoms with Gasteiger partial charge in [-0.25, -0.2) is 0 Å². The summed E-state index contributed by atoms with van der Waals surface area (Å²) in [4.78, 5) is 0. The fourth-order valence-electron chi connectivity index (χ4n) is 2.81. The van der Waals surface area contributed by atoms with E-state index in [1.807, 2.05) is 0 Å². The zero-order valence-corrected chi connectivity index (χ0v) is 8.82. The van der Waals surface area contributed by atoms with Gasteiger partial charge in [0.15, 0.2) is 5.82 Å². The second-order valence-electron chi connectivity index (χ2n) is 5.03. The topological polar surface area (TPSA) is 80.5 Å². The Morgan fingerprint density at radius 3 is 2.87 bits per heavy atom. The Balaban J connectivity index is 1.69. The fraction of sp³-hybridized carbons (Fsp3) is 0.900. The van der Waals surface area contributed by atoms with Gasteiger partial charge in [-0.15, -0.1) is 10.2 Å². The Labute approximate surface area is 88.8 Å². The number of hydrogen-bond acceptors (Lipinski definition) is 4. The van der Waals surface area contributed by atoms with Crippen LogP contribution in [0.15, 0.2) is 0 Å². The quantitative estimate of drug-likeness (QED) is 0.758. The molecular formula is C10H17N5. The second kappa shape index (κ2) is 3.27. The molecule has 1 aromatic heterocycles. The zero-order chi connectivity index (χ0) is 10.3. The molecule has 15 heavy (non-hydrogen) atoms. The maximum atomic E-state index is 5.86. The first-order valence-corrected chi connectivity index (χ1v) is 5.79. The van der Waals surface area contributed by atoms with Crippen LogP contribution in [0, 0.1) is 11.8 Å². The summed E-state index contributed by atoms with van der Waals surface area (Å²) >= 11 is 0. The van der Waals surface area contributed by atoms with E-state index in [9.17, 15) is 0 Å². The summed E-state index contributed by atoms with van der Waals surface area (Å²) in [6, 6.07) is 0. The van der Waals surface area contributed by atoms with Gasteiger partial charge in [0.1, 0.15) is 0 Å². The summed E-state index contributed by atoms with van der Waals surface area (Å²) in [5, 5.41) is 14.3. The maximum absolute atomic E-state index is 5.86. The van der Waals surface area contributed by atoms with Crippen LogP contribution in [0.4, 0.5) is 0 Å². The Hall–Kier alpha value is -0.970. The van der Waals surface area contributed by atoms with Crippen LogP contribution in [0.1, 0.15) is 37.9 Å². The molecule has 2 unspecified atom stereocenters. The van der Waals surface area contributed by atoms with Gasteiger partial charge < -0.3 is 5.73 Å². The van der Waals surface area contributed by atoms with E-state index < -0.39 is 0 Å². The highest BCUT2D eigenvalue weighted by Crippen LogP contribution is 2.56. The first-order chi connectivity index (χ1) is 7.35.